The van der Waals surface area contributed by atoms with Crippen LogP contribution in [-0.2, 0) is 9.53 Å². The van der Waals surface area contributed by atoms with Gasteiger partial charge in [-0.15, -0.1) is 0 Å². The molecule has 0 bridgehead atoms. The Bertz CT molecular complexity index is 1800. The number of ether oxygens (including phenoxy) is 2. The maximum Gasteiger partial charge on any atom is 0.338 e. The van der Waals surface area contributed by atoms with E-state index in [2.05, 4.69) is 4.99 Å². The summed E-state index contributed by atoms with van der Waals surface area (Å²) in [6, 6.07) is 16.3. The Labute approximate surface area is 226 Å². The molecule has 2 aromatic carbocycles. The highest BCUT2D eigenvalue weighted by Crippen LogP contribution is 2.32. The summed E-state index contributed by atoms with van der Waals surface area (Å²) in [4.78, 5) is 42.6. The first kappa shape index (κ1) is 25.9. The first-order chi connectivity index (χ1) is 18.8. The second-order valence-electron chi connectivity index (χ2n) is 8.66. The monoisotopic (exact) mass is 544 g/mol. The number of hydrogen-bond acceptors (Lipinski definition) is 8. The van der Waals surface area contributed by atoms with Crippen LogP contribution in [0.5, 0.6) is 5.75 Å². The third kappa shape index (κ3) is 4.79. The van der Waals surface area contributed by atoms with Crippen molar-refractivity contribution >= 4 is 29.1 Å². The topological polar surface area (TPSA) is 118 Å². The molecule has 1 unspecified atom stereocenters. The molecule has 0 aliphatic carbocycles. The van der Waals surface area contributed by atoms with Crippen LogP contribution in [0.15, 0.2) is 87.9 Å². The van der Waals surface area contributed by atoms with E-state index in [1.54, 1.807) is 57.4 Å². The molecule has 5 rings (SSSR count). The van der Waals surface area contributed by atoms with E-state index in [0.717, 1.165) is 0 Å². The largest absolute Gasteiger partial charge is 0.497 e. The number of thiazole rings is 1. The molecule has 0 fully saturated rings. The second-order valence-corrected chi connectivity index (χ2v) is 9.66. The summed E-state index contributed by atoms with van der Waals surface area (Å²) in [5, 5.41) is 11.0. The van der Waals surface area contributed by atoms with Crippen LogP contribution in [-0.4, -0.2) is 33.7 Å². The Morgan fingerprint density at radius 1 is 1.18 bits per heavy atom. The van der Waals surface area contributed by atoms with E-state index >= 15 is 0 Å². The Hall–Kier alpha value is -4.77. The van der Waals surface area contributed by atoms with Crippen molar-refractivity contribution in [2.24, 2.45) is 4.99 Å². The highest BCUT2D eigenvalue weighted by atomic mass is 32.1. The van der Waals surface area contributed by atoms with Gasteiger partial charge in [0.1, 0.15) is 5.75 Å². The van der Waals surface area contributed by atoms with Crippen LogP contribution in [0.25, 0.3) is 11.8 Å². The van der Waals surface area contributed by atoms with Crippen molar-refractivity contribution in [3.05, 3.63) is 119 Å². The molecule has 198 valence electrons. The molecule has 10 nitrogen and oxygen atoms in total. The fraction of sp³-hybridized carbons (Fsp3) is 0.179. The predicted molar refractivity (Wildman–Crippen MR) is 146 cm³/mol. The quantitative estimate of drug-likeness (QED) is 0.200. The van der Waals surface area contributed by atoms with E-state index < -0.39 is 16.9 Å². The van der Waals surface area contributed by atoms with E-state index in [4.69, 9.17) is 9.47 Å². The van der Waals surface area contributed by atoms with Crippen molar-refractivity contribution in [3.8, 4) is 11.4 Å². The zero-order valence-electron chi connectivity index (χ0n) is 21.4. The van der Waals surface area contributed by atoms with Gasteiger partial charge in [0.2, 0.25) is 0 Å². The fourth-order valence-electron chi connectivity index (χ4n) is 4.53. The molecule has 4 aromatic rings. The van der Waals surface area contributed by atoms with Crippen molar-refractivity contribution < 1.29 is 19.2 Å². The lowest BCUT2D eigenvalue weighted by Gasteiger charge is -2.25. The normalized spacial score (nSPS) is 15.1. The summed E-state index contributed by atoms with van der Waals surface area (Å²) in [7, 11) is 1.55. The highest BCUT2D eigenvalue weighted by Gasteiger charge is 2.33. The average Bonchev–Trinajstić information content (AvgIpc) is 3.52. The molecule has 0 saturated carbocycles. The molecule has 0 amide bonds. The van der Waals surface area contributed by atoms with Crippen LogP contribution in [0, 0.1) is 10.1 Å². The maximum atomic E-state index is 13.9. The number of benzene rings is 2. The van der Waals surface area contributed by atoms with Gasteiger partial charge in [-0.1, -0.05) is 23.5 Å². The lowest BCUT2D eigenvalue weighted by molar-refractivity contribution is -0.384. The Balaban J connectivity index is 1.67. The molecule has 0 N–H and O–H groups in total. The Kier molecular flexibility index (Phi) is 6.99. The molecule has 11 heteroatoms. The van der Waals surface area contributed by atoms with Gasteiger partial charge in [-0.3, -0.25) is 19.5 Å². The Morgan fingerprint density at radius 2 is 1.95 bits per heavy atom. The van der Waals surface area contributed by atoms with Gasteiger partial charge in [-0.2, -0.15) is 0 Å². The first-order valence-corrected chi connectivity index (χ1v) is 12.9. The number of rotatable bonds is 7. The molecule has 0 spiro atoms. The van der Waals surface area contributed by atoms with Crippen molar-refractivity contribution in [2.75, 3.05) is 13.7 Å². The third-order valence-electron chi connectivity index (χ3n) is 6.32. The number of carbonyl (C=O) groups excluding carboxylic acids is 1. The zero-order valence-corrected chi connectivity index (χ0v) is 22.2. The molecule has 0 saturated heterocycles. The summed E-state index contributed by atoms with van der Waals surface area (Å²) in [6.45, 7) is 3.64. The summed E-state index contributed by atoms with van der Waals surface area (Å²) in [6.07, 6.45) is 3.56. The van der Waals surface area contributed by atoms with Gasteiger partial charge in [0.25, 0.3) is 11.2 Å². The van der Waals surface area contributed by atoms with Gasteiger partial charge in [-0.05, 0) is 61.9 Å². The fourth-order valence-corrected chi connectivity index (χ4v) is 5.57. The molecule has 1 aliphatic rings. The lowest BCUT2D eigenvalue weighted by Crippen LogP contribution is -2.40. The van der Waals surface area contributed by atoms with Crippen molar-refractivity contribution in [2.45, 2.75) is 19.9 Å². The van der Waals surface area contributed by atoms with Crippen LogP contribution in [0.4, 0.5) is 5.69 Å². The smallest absolute Gasteiger partial charge is 0.338 e. The number of nitrogens with zero attached hydrogens (tertiary/aromatic N) is 4. The van der Waals surface area contributed by atoms with Gasteiger partial charge in [0.15, 0.2) is 4.80 Å². The summed E-state index contributed by atoms with van der Waals surface area (Å²) < 4.78 is 14.5. The number of nitro benzene ring substituents is 1. The number of non-ortho nitro benzene ring substituents is 1. The highest BCUT2D eigenvalue weighted by molar-refractivity contribution is 7.07. The number of nitro groups is 1. The van der Waals surface area contributed by atoms with E-state index in [1.807, 2.05) is 29.0 Å². The van der Waals surface area contributed by atoms with E-state index in [1.165, 1.54) is 28.0 Å². The number of aromatic nitrogens is 2. The third-order valence-corrected chi connectivity index (χ3v) is 7.31. The van der Waals surface area contributed by atoms with Gasteiger partial charge >= 0.3 is 5.97 Å². The molecule has 3 heterocycles. The molecular formula is C28H24N4O6S. The minimum atomic E-state index is -0.751. The van der Waals surface area contributed by atoms with Crippen molar-refractivity contribution in [1.29, 1.82) is 0 Å². The Morgan fingerprint density at radius 3 is 2.64 bits per heavy atom. The van der Waals surface area contributed by atoms with Crippen LogP contribution in [0.1, 0.15) is 31.1 Å². The lowest BCUT2D eigenvalue weighted by atomic mass is 9.95. The molecule has 1 aliphatic heterocycles. The van der Waals surface area contributed by atoms with E-state index in [0.29, 0.717) is 43.3 Å². The number of fused-ring (bicyclic) bond motifs is 1. The van der Waals surface area contributed by atoms with Crippen LogP contribution in [0.2, 0.25) is 0 Å². The first-order valence-electron chi connectivity index (χ1n) is 12.1. The standard InChI is InChI=1S/C28H24N4O6S/c1-4-38-27(34)24-17(2)29-28-31(25(24)18-7-5-9-22(15-18)37-3)26(33)23(39-28)16-21-8-6-14-30(21)19-10-12-20(13-11-19)32(35)36/h5-16,25H,4H2,1-3H3. The van der Waals surface area contributed by atoms with Crippen molar-refractivity contribution in [3.63, 3.8) is 0 Å². The average molecular weight is 545 g/mol. The number of hydrogen-bond donors (Lipinski definition) is 0. The maximum absolute atomic E-state index is 13.9. The summed E-state index contributed by atoms with van der Waals surface area (Å²) in [5.41, 5.74) is 2.55. The molecule has 1 atom stereocenters. The zero-order chi connectivity index (χ0) is 27.7. The second kappa shape index (κ2) is 10.5. The summed E-state index contributed by atoms with van der Waals surface area (Å²) >= 11 is 1.22. The van der Waals surface area contributed by atoms with Crippen LogP contribution >= 0.6 is 11.3 Å². The number of esters is 1. The minimum Gasteiger partial charge on any atom is -0.497 e. The number of methoxy groups -OCH3 is 1. The molecule has 2 aromatic heterocycles. The number of allylic oxidation sites excluding steroid dienone is 1. The SMILES string of the molecule is CCOC(=O)C1=C(C)N=c2sc(=Cc3cccn3-c3ccc([N+](=O)[O-])cc3)c(=O)n2C1c1cccc(OC)c1. The van der Waals surface area contributed by atoms with Crippen LogP contribution in [0.3, 0.4) is 0 Å². The predicted octanol–water partition coefficient (Wildman–Crippen LogP) is 3.51. The van der Waals surface area contributed by atoms with E-state index in [9.17, 15) is 19.7 Å². The van der Waals surface area contributed by atoms with E-state index in [-0.39, 0.29) is 17.9 Å². The minimum absolute atomic E-state index is 0.00826. The van der Waals surface area contributed by atoms with Crippen LogP contribution < -0.4 is 19.6 Å². The molecule has 0 radical (unpaired) electrons. The summed E-state index contributed by atoms with van der Waals surface area (Å²) in [5.74, 6) is 0.0568. The van der Waals surface area contributed by atoms with Crippen molar-refractivity contribution in [1.82, 2.24) is 9.13 Å². The van der Waals surface area contributed by atoms with Gasteiger partial charge < -0.3 is 14.0 Å². The van der Waals surface area contributed by atoms with Gasteiger partial charge in [0, 0.05) is 29.7 Å². The molecule has 39 heavy (non-hydrogen) atoms. The number of carbonyl (C=O) groups is 1. The van der Waals surface area contributed by atoms with Gasteiger partial charge in [-0.25, -0.2) is 9.79 Å². The van der Waals surface area contributed by atoms with Gasteiger partial charge in [0.05, 0.1) is 40.5 Å². The molecular weight excluding hydrogens is 520 g/mol.